The number of sulfonamides is 1. The highest BCUT2D eigenvalue weighted by molar-refractivity contribution is 14.1. The highest BCUT2D eigenvalue weighted by atomic mass is 127. The van der Waals surface area contributed by atoms with E-state index in [-0.39, 0.29) is 18.1 Å². The summed E-state index contributed by atoms with van der Waals surface area (Å²) in [5.74, 6) is -0.428. The molecule has 2 rings (SSSR count). The molecule has 1 aromatic rings. The molecule has 0 N–H and O–H groups in total. The monoisotopic (exact) mass is 712 g/mol. The molecule has 232 valence electrons. The van der Waals surface area contributed by atoms with E-state index < -0.39 is 22.1 Å². The molecule has 1 aliphatic rings. The van der Waals surface area contributed by atoms with Crippen molar-refractivity contribution in [1.29, 1.82) is 0 Å². The number of carbonyl (C=O) groups excluding carboxylic acids is 1. The number of hydroxylamine groups is 2. The van der Waals surface area contributed by atoms with E-state index in [1.54, 1.807) is 0 Å². The van der Waals surface area contributed by atoms with Crippen LogP contribution < -0.4 is 5.38 Å². The largest absolute Gasteiger partial charge is 0.460 e. The first-order chi connectivity index (χ1) is 18.9. The number of halogens is 1. The van der Waals surface area contributed by atoms with Crippen molar-refractivity contribution in [1.82, 2.24) is 0 Å². The molecule has 1 aromatic heterocycles. The number of piperazine rings is 1. The van der Waals surface area contributed by atoms with Crippen molar-refractivity contribution in [2.45, 2.75) is 116 Å². The molecule has 0 bridgehead atoms. The lowest BCUT2D eigenvalue weighted by atomic mass is 10.1. The first kappa shape index (κ1) is 35.8. The van der Waals surface area contributed by atoms with Crippen LogP contribution in [0.3, 0.4) is 0 Å². The van der Waals surface area contributed by atoms with Crippen LogP contribution in [0.1, 0.15) is 97.5 Å². The quantitative estimate of drug-likeness (QED) is 0.0687. The molecule has 0 aliphatic carbocycles. The van der Waals surface area contributed by atoms with Crippen molar-refractivity contribution in [3.05, 3.63) is 15.4 Å². The molecule has 2 heterocycles. The summed E-state index contributed by atoms with van der Waals surface area (Å²) in [6, 6.07) is 5.25. The zero-order chi connectivity index (χ0) is 29.9. The van der Waals surface area contributed by atoms with Gasteiger partial charge in [-0.05, 0) is 51.1 Å². The van der Waals surface area contributed by atoms with Crippen molar-refractivity contribution in [2.75, 3.05) is 46.0 Å². The molecule has 1 saturated heterocycles. The van der Waals surface area contributed by atoms with Crippen LogP contribution in [-0.4, -0.2) is 77.0 Å². The van der Waals surface area contributed by atoms with Crippen LogP contribution >= 0.6 is 22.6 Å². The van der Waals surface area contributed by atoms with Crippen molar-refractivity contribution in [3.63, 3.8) is 0 Å². The number of quaternary nitrogens is 2. The maximum absolute atomic E-state index is 14.0. The lowest BCUT2D eigenvalue weighted by molar-refractivity contribution is -1.05. The summed E-state index contributed by atoms with van der Waals surface area (Å²) in [4.78, 5) is 18.9. The third kappa shape index (κ3) is 9.81. The van der Waals surface area contributed by atoms with Crippen molar-refractivity contribution < 1.29 is 31.0 Å². The number of hydrogen-bond acceptors (Lipinski definition) is 5. The lowest BCUT2D eigenvalue weighted by Gasteiger charge is -2.42. The van der Waals surface area contributed by atoms with Gasteiger partial charge in [-0.25, -0.2) is 4.79 Å². The second-order valence-corrected chi connectivity index (χ2v) is 20.9. The number of likely N-dealkylation sites (N-methyl/N-ethyl adjacent to an activating group) is 1. The third-order valence-electron chi connectivity index (χ3n) is 9.27. The van der Waals surface area contributed by atoms with Crippen molar-refractivity contribution in [2.24, 2.45) is 0 Å². The summed E-state index contributed by atoms with van der Waals surface area (Å²) in [7, 11) is -1.35. The van der Waals surface area contributed by atoms with Gasteiger partial charge in [-0.3, -0.25) is 4.84 Å². The molecule has 0 unspecified atom stereocenters. The van der Waals surface area contributed by atoms with Crippen molar-refractivity contribution >= 4 is 52.0 Å². The number of carbonyl (C=O) groups is 1. The molecule has 0 radical (unpaired) electrons. The number of rotatable bonds is 19. The van der Waals surface area contributed by atoms with Gasteiger partial charge in [0.1, 0.15) is 26.9 Å². The van der Waals surface area contributed by atoms with Gasteiger partial charge in [0.2, 0.25) is 0 Å². The second kappa shape index (κ2) is 16.4. The van der Waals surface area contributed by atoms with Gasteiger partial charge in [0.25, 0.3) is 0 Å². The fraction of sp³-hybridized carbons (Fsp3) is 0.833. The Morgan fingerprint density at radius 3 is 1.95 bits per heavy atom. The Kier molecular flexibility index (Phi) is 14.7. The van der Waals surface area contributed by atoms with Gasteiger partial charge in [-0.2, -0.15) is 8.42 Å². The zero-order valence-electron chi connectivity index (χ0n) is 26.2. The van der Waals surface area contributed by atoms with E-state index in [1.807, 2.05) is 6.07 Å². The predicted octanol–water partition coefficient (Wildman–Crippen LogP) is 6.76. The normalized spacial score (nSPS) is 17.2. The molecular formula is C30H57IN2O5SSi+2. The summed E-state index contributed by atoms with van der Waals surface area (Å²) in [6.45, 7) is 10.8. The van der Waals surface area contributed by atoms with E-state index in [0.29, 0.717) is 32.6 Å². The summed E-state index contributed by atoms with van der Waals surface area (Å²) < 4.78 is 35.2. The van der Waals surface area contributed by atoms with Crippen LogP contribution in [0.2, 0.25) is 18.1 Å². The highest BCUT2D eigenvalue weighted by Gasteiger charge is 2.52. The summed E-state index contributed by atoms with van der Waals surface area (Å²) in [5, 5.41) is 1.06. The maximum Gasteiger partial charge on any atom is 0.368 e. The minimum Gasteiger partial charge on any atom is -0.460 e. The molecule has 0 spiro atoms. The van der Waals surface area contributed by atoms with E-state index in [9.17, 15) is 13.2 Å². The maximum atomic E-state index is 14.0. The molecule has 0 atom stereocenters. The van der Waals surface area contributed by atoms with Gasteiger partial charge < -0.3 is 8.90 Å². The Labute approximate surface area is 259 Å². The Balaban J connectivity index is 2.07. The van der Waals surface area contributed by atoms with E-state index in [2.05, 4.69) is 64.4 Å². The lowest BCUT2D eigenvalue weighted by Crippen LogP contribution is -2.67. The Bertz CT molecular complexity index is 1010. The highest BCUT2D eigenvalue weighted by Crippen LogP contribution is 2.28. The Morgan fingerprint density at radius 2 is 1.43 bits per heavy atom. The average Bonchev–Trinajstić information content (AvgIpc) is 3.30. The summed E-state index contributed by atoms with van der Waals surface area (Å²) >= 11 is 2.20. The average molecular weight is 713 g/mol. The number of hydrogen-bond donors (Lipinski definition) is 0. The van der Waals surface area contributed by atoms with Gasteiger partial charge in [0, 0.05) is 0 Å². The molecule has 1 aliphatic heterocycles. The number of nitrogens with zero attached hydrogens (tertiary/aromatic N) is 2. The SMILES string of the molecule is CCCCCCCCCCCC(=O)O[N+]1(S(=O)(=O)CCc2cc(I)oc2[Si](CC)(CC)CC)CC[N+](C)(C)CC1. The molecule has 0 amide bonds. The second-order valence-electron chi connectivity index (χ2n) is 12.5. The van der Waals surface area contributed by atoms with Crippen LogP contribution in [-0.2, 0) is 26.1 Å². The molecule has 1 fully saturated rings. The van der Waals surface area contributed by atoms with E-state index in [1.165, 1.54) is 38.5 Å². The fourth-order valence-electron chi connectivity index (χ4n) is 5.97. The zero-order valence-corrected chi connectivity index (χ0v) is 30.2. The van der Waals surface area contributed by atoms with Crippen LogP contribution in [0, 0.1) is 3.77 Å². The molecule has 10 heteroatoms. The number of unbranched alkanes of at least 4 members (excludes halogenated alkanes) is 8. The summed E-state index contributed by atoms with van der Waals surface area (Å²) in [5.41, 5.74) is 1.03. The fourth-order valence-corrected chi connectivity index (χ4v) is 12.2. The number of furan rings is 1. The standard InChI is InChI=1S/C30H57IN2O5SSi/c1-7-11-12-13-14-15-16-17-18-19-29(34)38-33(23-21-32(5,6)22-24-33)39(35,36)25-20-27-26-28(31)37-30(27)40(8-2,9-3)10-4/h26H,7-25H2,1-6H3/q+2. The van der Waals surface area contributed by atoms with Crippen LogP contribution in [0.4, 0.5) is 0 Å². The summed E-state index contributed by atoms with van der Waals surface area (Å²) in [6.07, 6.45) is 11.2. The topological polar surface area (TPSA) is 73.6 Å². The smallest absolute Gasteiger partial charge is 0.368 e. The van der Waals surface area contributed by atoms with Gasteiger partial charge >= 0.3 is 16.0 Å². The number of aryl methyl sites for hydroxylation is 1. The van der Waals surface area contributed by atoms with Gasteiger partial charge in [0.05, 0.1) is 25.9 Å². The van der Waals surface area contributed by atoms with E-state index >= 15 is 0 Å². The third-order valence-corrected chi connectivity index (χ3v) is 17.4. The molecule has 0 saturated carbocycles. The Morgan fingerprint density at radius 1 is 0.900 bits per heavy atom. The Hall–Kier alpha value is -0.433. The van der Waals surface area contributed by atoms with Crippen LogP contribution in [0.5, 0.6) is 0 Å². The first-order valence-electron chi connectivity index (χ1n) is 15.8. The van der Waals surface area contributed by atoms with Crippen molar-refractivity contribution in [3.8, 4) is 0 Å². The first-order valence-corrected chi connectivity index (χ1v) is 21.1. The van der Waals surface area contributed by atoms with Gasteiger partial charge in [-0.1, -0.05) is 97.2 Å². The van der Waals surface area contributed by atoms with Gasteiger partial charge in [-0.15, -0.1) is 0 Å². The molecule has 7 nitrogen and oxygen atoms in total. The van der Waals surface area contributed by atoms with Crippen LogP contribution in [0.15, 0.2) is 10.5 Å². The van der Waals surface area contributed by atoms with E-state index in [4.69, 9.17) is 9.25 Å². The molecule has 40 heavy (non-hydrogen) atoms. The minimum atomic E-state index is -3.76. The van der Waals surface area contributed by atoms with Crippen LogP contribution in [0.25, 0.3) is 0 Å². The molecular weight excluding hydrogens is 655 g/mol. The predicted molar refractivity (Wildman–Crippen MR) is 176 cm³/mol. The van der Waals surface area contributed by atoms with Gasteiger partial charge in [0.15, 0.2) is 16.9 Å². The minimum absolute atomic E-state index is 0.0457. The van der Waals surface area contributed by atoms with E-state index in [0.717, 1.165) is 56.6 Å². The molecule has 0 aromatic carbocycles.